The fourth-order valence-corrected chi connectivity index (χ4v) is 3.23. The van der Waals surface area contributed by atoms with Crippen LogP contribution in [0, 0.1) is 17.6 Å². The molecule has 142 valence electrons. The molecule has 1 heterocycles. The molecule has 2 aromatic carbocycles. The summed E-state index contributed by atoms with van der Waals surface area (Å²) >= 11 is 0. The number of nitrogens with one attached hydrogen (secondary N) is 1. The molecule has 0 saturated carbocycles. The minimum Gasteiger partial charge on any atom is -0.495 e. The number of para-hydroxylation sites is 2. The molecule has 2 atom stereocenters. The second kappa shape index (κ2) is 7.73. The highest BCUT2D eigenvalue weighted by Crippen LogP contribution is 2.33. The van der Waals surface area contributed by atoms with Crippen LogP contribution in [0.15, 0.2) is 42.5 Å². The number of halogens is 2. The Hall–Kier alpha value is -2.96. The first-order chi connectivity index (χ1) is 12.9. The van der Waals surface area contributed by atoms with Crippen molar-refractivity contribution >= 4 is 17.5 Å². The average Bonchev–Trinajstić information content (AvgIpc) is 3.03. The van der Waals surface area contributed by atoms with Gasteiger partial charge in [0.1, 0.15) is 17.4 Å². The number of carbonyl (C=O) groups is 2. The third-order valence-electron chi connectivity index (χ3n) is 4.66. The van der Waals surface area contributed by atoms with Crippen molar-refractivity contribution in [1.29, 1.82) is 0 Å². The normalized spacial score (nSPS) is 17.7. The molecule has 0 spiro atoms. The summed E-state index contributed by atoms with van der Waals surface area (Å²) in [6, 6.07) is 9.67. The molecule has 1 aliphatic rings. The highest BCUT2D eigenvalue weighted by atomic mass is 19.1. The van der Waals surface area contributed by atoms with Crippen LogP contribution in [-0.2, 0) is 9.59 Å². The van der Waals surface area contributed by atoms with E-state index in [0.29, 0.717) is 11.4 Å². The average molecular weight is 374 g/mol. The number of anilines is 1. The lowest BCUT2D eigenvalue weighted by Gasteiger charge is -2.20. The van der Waals surface area contributed by atoms with E-state index in [0.717, 1.165) is 12.1 Å². The number of carbonyl (C=O) groups excluding carboxylic acids is 2. The van der Waals surface area contributed by atoms with Crippen LogP contribution < -0.4 is 15.0 Å². The Bertz CT molecular complexity index is 872. The summed E-state index contributed by atoms with van der Waals surface area (Å²) in [6.45, 7) is 1.83. The Morgan fingerprint density at radius 3 is 2.70 bits per heavy atom. The van der Waals surface area contributed by atoms with Gasteiger partial charge >= 0.3 is 0 Å². The van der Waals surface area contributed by atoms with Crippen LogP contribution >= 0.6 is 0 Å². The molecule has 7 heteroatoms. The van der Waals surface area contributed by atoms with Gasteiger partial charge < -0.3 is 15.0 Å². The van der Waals surface area contributed by atoms with E-state index in [1.54, 1.807) is 31.2 Å². The van der Waals surface area contributed by atoms with Crippen molar-refractivity contribution in [1.82, 2.24) is 5.32 Å². The van der Waals surface area contributed by atoms with Crippen molar-refractivity contribution in [2.75, 3.05) is 18.6 Å². The topological polar surface area (TPSA) is 58.6 Å². The summed E-state index contributed by atoms with van der Waals surface area (Å²) < 4.78 is 32.2. The highest BCUT2D eigenvalue weighted by Gasteiger charge is 2.36. The molecule has 27 heavy (non-hydrogen) atoms. The van der Waals surface area contributed by atoms with Crippen molar-refractivity contribution in [2.24, 2.45) is 5.92 Å². The number of hydrogen-bond acceptors (Lipinski definition) is 3. The number of ether oxygens (including phenoxy) is 1. The number of methoxy groups -OCH3 is 1. The second-order valence-corrected chi connectivity index (χ2v) is 6.47. The summed E-state index contributed by atoms with van der Waals surface area (Å²) in [6.07, 6.45) is 0.0580. The van der Waals surface area contributed by atoms with Crippen LogP contribution in [0.25, 0.3) is 0 Å². The van der Waals surface area contributed by atoms with E-state index in [-0.39, 0.29) is 30.3 Å². The summed E-state index contributed by atoms with van der Waals surface area (Å²) in [7, 11) is 1.52. The maximum absolute atomic E-state index is 13.9. The second-order valence-electron chi connectivity index (χ2n) is 6.47. The standard InChI is InChI=1S/C20H20F2N2O3/c1-12(15-8-7-14(21)10-16(15)22)23-20(26)13-9-19(25)24(11-13)17-5-3-4-6-18(17)27-2/h3-8,10,12-13H,9,11H2,1-2H3,(H,23,26). The molecule has 1 aliphatic heterocycles. The van der Waals surface area contributed by atoms with Gasteiger partial charge in [-0.05, 0) is 25.1 Å². The quantitative estimate of drug-likeness (QED) is 0.874. The van der Waals surface area contributed by atoms with Crippen molar-refractivity contribution in [3.05, 3.63) is 59.7 Å². The zero-order chi connectivity index (χ0) is 19.6. The maximum atomic E-state index is 13.9. The predicted octanol–water partition coefficient (Wildman–Crippen LogP) is 3.20. The molecule has 5 nitrogen and oxygen atoms in total. The molecular formula is C20H20F2N2O3. The van der Waals surface area contributed by atoms with E-state index < -0.39 is 23.6 Å². The van der Waals surface area contributed by atoms with Crippen molar-refractivity contribution in [2.45, 2.75) is 19.4 Å². The first-order valence-corrected chi connectivity index (χ1v) is 8.59. The van der Waals surface area contributed by atoms with Gasteiger partial charge in [-0.2, -0.15) is 0 Å². The Kier molecular flexibility index (Phi) is 5.39. The molecule has 0 bridgehead atoms. The van der Waals surface area contributed by atoms with Crippen LogP contribution in [0.2, 0.25) is 0 Å². The van der Waals surface area contributed by atoms with E-state index >= 15 is 0 Å². The molecule has 2 unspecified atom stereocenters. The number of nitrogens with zero attached hydrogens (tertiary/aromatic N) is 1. The van der Waals surface area contributed by atoms with E-state index in [4.69, 9.17) is 4.74 Å². The fourth-order valence-electron chi connectivity index (χ4n) is 3.23. The van der Waals surface area contributed by atoms with E-state index in [2.05, 4.69) is 5.32 Å². The van der Waals surface area contributed by atoms with E-state index in [1.807, 2.05) is 0 Å². The van der Waals surface area contributed by atoms with Crippen LogP contribution in [0.1, 0.15) is 24.9 Å². The smallest absolute Gasteiger partial charge is 0.227 e. The fraction of sp³-hybridized carbons (Fsp3) is 0.300. The Morgan fingerprint density at radius 1 is 1.26 bits per heavy atom. The van der Waals surface area contributed by atoms with E-state index in [1.165, 1.54) is 18.1 Å². The molecular weight excluding hydrogens is 354 g/mol. The molecule has 1 N–H and O–H groups in total. The van der Waals surface area contributed by atoms with Gasteiger partial charge in [0, 0.05) is 24.6 Å². The molecule has 2 aromatic rings. The van der Waals surface area contributed by atoms with Gasteiger partial charge in [-0.3, -0.25) is 9.59 Å². The predicted molar refractivity (Wildman–Crippen MR) is 96.4 cm³/mol. The number of hydrogen-bond donors (Lipinski definition) is 1. The minimum atomic E-state index is -0.721. The maximum Gasteiger partial charge on any atom is 0.227 e. The van der Waals surface area contributed by atoms with Crippen LogP contribution in [0.3, 0.4) is 0 Å². The van der Waals surface area contributed by atoms with Gasteiger partial charge in [0.2, 0.25) is 11.8 Å². The van der Waals surface area contributed by atoms with Gasteiger partial charge in [-0.25, -0.2) is 8.78 Å². The summed E-state index contributed by atoms with van der Waals surface area (Å²) in [4.78, 5) is 26.5. The van der Waals surface area contributed by atoms with Crippen molar-refractivity contribution in [3.63, 3.8) is 0 Å². The lowest BCUT2D eigenvalue weighted by molar-refractivity contribution is -0.126. The molecule has 1 fully saturated rings. The molecule has 1 saturated heterocycles. The van der Waals surface area contributed by atoms with Crippen LogP contribution in [0.5, 0.6) is 5.75 Å². The Morgan fingerprint density at radius 2 is 2.00 bits per heavy atom. The monoisotopic (exact) mass is 374 g/mol. The first-order valence-electron chi connectivity index (χ1n) is 8.59. The summed E-state index contributed by atoms with van der Waals surface area (Å²) in [5.41, 5.74) is 0.800. The zero-order valence-electron chi connectivity index (χ0n) is 15.0. The van der Waals surface area contributed by atoms with Gasteiger partial charge in [-0.1, -0.05) is 18.2 Å². The summed E-state index contributed by atoms with van der Waals surface area (Å²) in [5.74, 6) is -1.94. The van der Waals surface area contributed by atoms with Crippen molar-refractivity contribution in [3.8, 4) is 5.75 Å². The van der Waals surface area contributed by atoms with Gasteiger partial charge in [0.15, 0.2) is 0 Å². The molecule has 2 amide bonds. The van der Waals surface area contributed by atoms with Gasteiger partial charge in [0.25, 0.3) is 0 Å². The molecule has 0 aliphatic carbocycles. The van der Waals surface area contributed by atoms with Crippen LogP contribution in [-0.4, -0.2) is 25.5 Å². The third kappa shape index (κ3) is 3.92. The van der Waals surface area contributed by atoms with Crippen LogP contribution in [0.4, 0.5) is 14.5 Å². The minimum absolute atomic E-state index is 0.0580. The van der Waals surface area contributed by atoms with Gasteiger partial charge in [-0.15, -0.1) is 0 Å². The molecule has 0 aromatic heterocycles. The lowest BCUT2D eigenvalue weighted by Crippen LogP contribution is -2.35. The number of benzene rings is 2. The van der Waals surface area contributed by atoms with E-state index in [9.17, 15) is 18.4 Å². The first kappa shape index (κ1) is 18.8. The summed E-state index contributed by atoms with van der Waals surface area (Å²) in [5, 5.41) is 2.71. The number of amides is 2. The Labute approximate surface area is 155 Å². The number of rotatable bonds is 5. The third-order valence-corrected chi connectivity index (χ3v) is 4.66. The zero-order valence-corrected chi connectivity index (χ0v) is 15.0. The lowest BCUT2D eigenvalue weighted by atomic mass is 10.0. The Balaban J connectivity index is 1.70. The molecule has 3 rings (SSSR count). The largest absolute Gasteiger partial charge is 0.495 e. The SMILES string of the molecule is COc1ccccc1N1CC(C(=O)NC(C)c2ccc(F)cc2F)CC1=O. The highest BCUT2D eigenvalue weighted by molar-refractivity contribution is 6.01. The van der Waals surface area contributed by atoms with Crippen molar-refractivity contribution < 1.29 is 23.1 Å². The molecule has 0 radical (unpaired) electrons. The van der Waals surface area contributed by atoms with Gasteiger partial charge in [0.05, 0.1) is 24.8 Å².